The van der Waals surface area contributed by atoms with Crippen LogP contribution in [0.15, 0.2) is 82.3 Å². The van der Waals surface area contributed by atoms with E-state index in [-0.39, 0.29) is 24.3 Å². The Kier molecular flexibility index (Phi) is 6.20. The molecule has 0 saturated carbocycles. The number of aliphatic imine (C=N–C) groups is 1. The molecular formula is C28H26N6O3. The van der Waals surface area contributed by atoms with Crippen LogP contribution in [0, 0.1) is 0 Å². The highest BCUT2D eigenvalue weighted by atomic mass is 16.5. The van der Waals surface area contributed by atoms with Crippen molar-refractivity contribution in [3.8, 4) is 11.5 Å². The van der Waals surface area contributed by atoms with E-state index in [1.807, 2.05) is 73.7 Å². The molecule has 2 aromatic carbocycles. The second-order valence-electron chi connectivity index (χ2n) is 9.11. The molecule has 4 aromatic rings. The Morgan fingerprint density at radius 3 is 2.65 bits per heavy atom. The van der Waals surface area contributed by atoms with Crippen LogP contribution in [-0.4, -0.2) is 58.6 Å². The number of carbonyl (C=O) groups excluding carboxylic acids is 1. The number of benzene rings is 2. The zero-order chi connectivity index (χ0) is 25.2. The zero-order valence-electron chi connectivity index (χ0n) is 20.4. The van der Waals surface area contributed by atoms with E-state index < -0.39 is 6.17 Å². The number of nitrogens with one attached hydrogen (secondary N) is 1. The lowest BCUT2D eigenvalue weighted by molar-refractivity contribution is -0.119. The minimum Gasteiger partial charge on any atom is -0.403 e. The van der Waals surface area contributed by atoms with E-state index in [9.17, 15) is 4.79 Å². The number of fused-ring (bicyclic) bond motifs is 1. The van der Waals surface area contributed by atoms with Crippen molar-refractivity contribution in [1.29, 1.82) is 0 Å². The third-order valence-corrected chi connectivity index (χ3v) is 6.49. The van der Waals surface area contributed by atoms with E-state index in [1.54, 1.807) is 6.20 Å². The standard InChI is InChI=1S/C28H26N6O3/c1-18-17-34(14-15-36-18)26-22(12-7-13-29-26)27-32-33-28(37-27)31-25-23(35)16-20-10-5-6-11-21(20)24(30-25)19-8-3-2-4-9-19/h2-13,18,25H,14-17H2,1H3,(H,31,33)/t18-,25+/m0/s1. The molecule has 0 radical (unpaired) electrons. The van der Waals surface area contributed by atoms with Crippen LogP contribution in [-0.2, 0) is 16.0 Å². The molecule has 0 amide bonds. The molecule has 186 valence electrons. The normalized spacial score (nSPS) is 19.6. The summed E-state index contributed by atoms with van der Waals surface area (Å²) < 4.78 is 11.7. The number of morpholine rings is 1. The molecular weight excluding hydrogens is 468 g/mol. The molecule has 2 aliphatic rings. The molecule has 2 atom stereocenters. The maximum absolute atomic E-state index is 13.2. The Morgan fingerprint density at radius 2 is 1.78 bits per heavy atom. The molecule has 0 aliphatic carbocycles. The minimum atomic E-state index is -0.871. The van der Waals surface area contributed by atoms with Gasteiger partial charge in [0, 0.05) is 36.8 Å². The molecule has 6 rings (SSSR count). The molecule has 1 saturated heterocycles. The van der Waals surface area contributed by atoms with Gasteiger partial charge >= 0.3 is 6.01 Å². The average Bonchev–Trinajstić information content (AvgIpc) is 3.35. The van der Waals surface area contributed by atoms with Crippen molar-refractivity contribution < 1.29 is 13.9 Å². The first-order valence-corrected chi connectivity index (χ1v) is 12.3. The van der Waals surface area contributed by atoms with Crippen LogP contribution in [0.5, 0.6) is 0 Å². The molecule has 2 aromatic heterocycles. The third kappa shape index (κ3) is 4.73. The highest BCUT2D eigenvalue weighted by Crippen LogP contribution is 2.30. The predicted octanol–water partition coefficient (Wildman–Crippen LogP) is 3.76. The summed E-state index contributed by atoms with van der Waals surface area (Å²) >= 11 is 0. The number of anilines is 2. The summed E-state index contributed by atoms with van der Waals surface area (Å²) in [5.74, 6) is 1.00. The van der Waals surface area contributed by atoms with Crippen molar-refractivity contribution in [2.45, 2.75) is 25.6 Å². The van der Waals surface area contributed by atoms with Crippen molar-refractivity contribution in [3.05, 3.63) is 89.6 Å². The van der Waals surface area contributed by atoms with Crippen LogP contribution >= 0.6 is 0 Å². The van der Waals surface area contributed by atoms with Gasteiger partial charge in [-0.1, -0.05) is 59.7 Å². The fraction of sp³-hybridized carbons (Fsp3) is 0.250. The van der Waals surface area contributed by atoms with Crippen LogP contribution < -0.4 is 10.2 Å². The van der Waals surface area contributed by atoms with Gasteiger partial charge in [-0.15, -0.1) is 5.10 Å². The Morgan fingerprint density at radius 1 is 0.973 bits per heavy atom. The molecule has 9 nitrogen and oxygen atoms in total. The number of rotatable bonds is 5. The summed E-state index contributed by atoms with van der Waals surface area (Å²) in [5, 5.41) is 11.5. The van der Waals surface area contributed by atoms with Crippen LogP contribution in [0.25, 0.3) is 11.5 Å². The Balaban J connectivity index is 1.31. The molecule has 0 spiro atoms. The second-order valence-corrected chi connectivity index (χ2v) is 9.11. The van der Waals surface area contributed by atoms with E-state index >= 15 is 0 Å². The zero-order valence-corrected chi connectivity index (χ0v) is 20.4. The summed E-state index contributed by atoms with van der Waals surface area (Å²) in [4.78, 5) is 24.8. The van der Waals surface area contributed by atoms with Crippen LogP contribution in [0.4, 0.5) is 11.8 Å². The number of ketones is 1. The maximum atomic E-state index is 13.2. The van der Waals surface area contributed by atoms with Gasteiger partial charge in [-0.05, 0) is 24.6 Å². The number of hydrogen-bond acceptors (Lipinski definition) is 9. The van der Waals surface area contributed by atoms with Crippen molar-refractivity contribution in [1.82, 2.24) is 15.2 Å². The number of carbonyl (C=O) groups is 1. The Labute approximate surface area is 214 Å². The summed E-state index contributed by atoms with van der Waals surface area (Å²) in [6.07, 6.45) is 1.22. The van der Waals surface area contributed by atoms with Crippen molar-refractivity contribution in [3.63, 3.8) is 0 Å². The highest BCUT2D eigenvalue weighted by Gasteiger charge is 2.28. The molecule has 2 aliphatic heterocycles. The van der Waals surface area contributed by atoms with Gasteiger partial charge in [-0.25, -0.2) is 4.98 Å². The van der Waals surface area contributed by atoms with Crippen LogP contribution in [0.1, 0.15) is 23.6 Å². The molecule has 37 heavy (non-hydrogen) atoms. The third-order valence-electron chi connectivity index (χ3n) is 6.49. The van der Waals surface area contributed by atoms with Crippen molar-refractivity contribution in [2.75, 3.05) is 29.9 Å². The van der Waals surface area contributed by atoms with Gasteiger partial charge in [0.25, 0.3) is 5.89 Å². The first-order chi connectivity index (χ1) is 18.2. The van der Waals surface area contributed by atoms with Gasteiger partial charge in [0.15, 0.2) is 11.9 Å². The molecule has 0 unspecified atom stereocenters. The second kappa shape index (κ2) is 9.94. The summed E-state index contributed by atoms with van der Waals surface area (Å²) in [6.45, 7) is 4.11. The fourth-order valence-electron chi connectivity index (χ4n) is 4.73. The average molecular weight is 495 g/mol. The summed E-state index contributed by atoms with van der Waals surface area (Å²) in [6, 6.07) is 21.6. The first-order valence-electron chi connectivity index (χ1n) is 12.3. The quantitative estimate of drug-likeness (QED) is 0.447. The van der Waals surface area contributed by atoms with Crippen LogP contribution in [0.3, 0.4) is 0 Å². The number of pyridine rings is 1. The fourth-order valence-corrected chi connectivity index (χ4v) is 4.73. The van der Waals surface area contributed by atoms with Crippen LogP contribution in [0.2, 0.25) is 0 Å². The first kappa shape index (κ1) is 23.1. The molecule has 1 fully saturated rings. The number of Topliss-reactive ketones (excluding diaryl/α,β-unsaturated/α-hetero) is 1. The number of hydrogen-bond donors (Lipinski definition) is 1. The highest BCUT2D eigenvalue weighted by molar-refractivity contribution is 6.16. The number of nitrogens with zero attached hydrogens (tertiary/aromatic N) is 5. The van der Waals surface area contributed by atoms with E-state index in [1.165, 1.54) is 0 Å². The van der Waals surface area contributed by atoms with Gasteiger partial charge in [0.05, 0.1) is 24.0 Å². The minimum absolute atomic E-state index is 0.0810. The largest absolute Gasteiger partial charge is 0.403 e. The lowest BCUT2D eigenvalue weighted by atomic mass is 9.96. The number of aromatic nitrogens is 3. The van der Waals surface area contributed by atoms with Gasteiger partial charge in [-0.3, -0.25) is 9.79 Å². The lowest BCUT2D eigenvalue weighted by Crippen LogP contribution is -2.41. The SMILES string of the molecule is C[C@H]1CN(c2ncccc2-c2nnc(N[C@H]3N=C(c4ccccc4)c4ccccc4CC3=O)o2)CCO1. The summed E-state index contributed by atoms with van der Waals surface area (Å²) in [7, 11) is 0. The molecule has 9 heteroatoms. The Bertz CT molecular complexity index is 1450. The summed E-state index contributed by atoms with van der Waals surface area (Å²) in [5.41, 5.74) is 4.28. The maximum Gasteiger partial charge on any atom is 0.317 e. The van der Waals surface area contributed by atoms with Gasteiger partial charge in [-0.2, -0.15) is 0 Å². The lowest BCUT2D eigenvalue weighted by Gasteiger charge is -2.32. The van der Waals surface area contributed by atoms with Crippen molar-refractivity contribution >= 4 is 23.3 Å². The molecule has 4 heterocycles. The number of ether oxygens (including phenoxy) is 1. The van der Waals surface area contributed by atoms with E-state index in [2.05, 4.69) is 25.4 Å². The monoisotopic (exact) mass is 494 g/mol. The predicted molar refractivity (Wildman–Crippen MR) is 140 cm³/mol. The topological polar surface area (TPSA) is 106 Å². The van der Waals surface area contributed by atoms with Gasteiger partial charge in [0.1, 0.15) is 5.82 Å². The molecule has 1 N–H and O–H groups in total. The van der Waals surface area contributed by atoms with E-state index in [0.717, 1.165) is 46.9 Å². The van der Waals surface area contributed by atoms with E-state index in [4.69, 9.17) is 14.1 Å². The van der Waals surface area contributed by atoms with Gasteiger partial charge in [0.2, 0.25) is 0 Å². The smallest absolute Gasteiger partial charge is 0.317 e. The van der Waals surface area contributed by atoms with E-state index in [0.29, 0.717) is 12.5 Å². The Hall–Kier alpha value is -4.37. The molecule has 0 bridgehead atoms. The van der Waals surface area contributed by atoms with Crippen molar-refractivity contribution in [2.24, 2.45) is 4.99 Å². The van der Waals surface area contributed by atoms with Gasteiger partial charge < -0.3 is 19.4 Å².